The van der Waals surface area contributed by atoms with E-state index in [1.807, 2.05) is 0 Å². The van der Waals surface area contributed by atoms with E-state index < -0.39 is 0 Å². The van der Waals surface area contributed by atoms with Crippen LogP contribution in [0, 0.1) is 0 Å². The van der Waals surface area contributed by atoms with Gasteiger partial charge in [-0.25, -0.2) is 0 Å². The quantitative estimate of drug-likeness (QED) is 0.302. The van der Waals surface area contributed by atoms with Crippen molar-refractivity contribution in [1.82, 2.24) is 0 Å². The SMILES string of the molecule is CP(C)C.[Li]. The van der Waals surface area contributed by atoms with Gasteiger partial charge in [-0.1, -0.05) is 0 Å². The molecule has 0 atom stereocenters. The van der Waals surface area contributed by atoms with Crippen molar-refractivity contribution in [3.05, 3.63) is 0 Å². The van der Waals surface area contributed by atoms with E-state index in [2.05, 4.69) is 20.0 Å². The summed E-state index contributed by atoms with van der Waals surface area (Å²) in [7, 11) is 0.380. The molecule has 0 aliphatic rings. The second-order valence-corrected chi connectivity index (χ2v) is 4.02. The molecule has 0 saturated carbocycles. The summed E-state index contributed by atoms with van der Waals surface area (Å²) in [6.45, 7) is 6.69. The molecular weight excluding hydrogens is 73.9 g/mol. The van der Waals surface area contributed by atoms with Gasteiger partial charge in [0, 0.05) is 18.9 Å². The van der Waals surface area contributed by atoms with Crippen LogP contribution in [0.25, 0.3) is 0 Å². The maximum absolute atomic E-state index is 2.23. The molecule has 0 saturated heterocycles. The standard InChI is InChI=1S/C3H9P.Li/c1-4(2)3;/h1-3H3;. The van der Waals surface area contributed by atoms with Crippen LogP contribution in [0.3, 0.4) is 0 Å². The van der Waals surface area contributed by atoms with Gasteiger partial charge in [-0.3, -0.25) is 0 Å². The first-order valence-electron chi connectivity index (χ1n) is 1.34. The normalized spacial score (nSPS) is 7.20. The molecule has 0 bridgehead atoms. The van der Waals surface area contributed by atoms with Crippen LogP contribution in [0.1, 0.15) is 0 Å². The molecule has 0 heterocycles. The van der Waals surface area contributed by atoms with Crippen LogP contribution in [0.2, 0.25) is 0 Å². The van der Waals surface area contributed by atoms with E-state index in [4.69, 9.17) is 0 Å². The van der Waals surface area contributed by atoms with E-state index in [0.717, 1.165) is 0 Å². The first kappa shape index (κ1) is 9.39. The van der Waals surface area contributed by atoms with Crippen molar-refractivity contribution in [2.24, 2.45) is 0 Å². The van der Waals surface area contributed by atoms with Gasteiger partial charge >= 0.3 is 0 Å². The first-order chi connectivity index (χ1) is 1.73. The summed E-state index contributed by atoms with van der Waals surface area (Å²) in [6, 6.07) is 0. The Labute approximate surface area is 47.3 Å². The summed E-state index contributed by atoms with van der Waals surface area (Å²) >= 11 is 0. The number of hydrogen-bond donors (Lipinski definition) is 0. The molecule has 0 aliphatic carbocycles. The molecule has 0 nitrogen and oxygen atoms in total. The van der Waals surface area contributed by atoms with E-state index in [1.54, 1.807) is 0 Å². The van der Waals surface area contributed by atoms with Gasteiger partial charge in [0.15, 0.2) is 0 Å². The minimum Gasteiger partial charge on any atom is -0.116 e. The van der Waals surface area contributed by atoms with Gasteiger partial charge < -0.3 is 0 Å². The molecule has 0 amide bonds. The third-order valence-corrected chi connectivity index (χ3v) is 0. The van der Waals surface area contributed by atoms with Gasteiger partial charge in [0.05, 0.1) is 0 Å². The van der Waals surface area contributed by atoms with Crippen molar-refractivity contribution in [1.29, 1.82) is 0 Å². The first-order valence-corrected chi connectivity index (χ1v) is 4.02. The predicted octanol–water partition coefficient (Wildman–Crippen LogP) is 0.977. The molecule has 0 aromatic heterocycles. The zero-order valence-corrected chi connectivity index (χ0v) is 5.34. The van der Waals surface area contributed by atoms with Crippen molar-refractivity contribution in [2.75, 3.05) is 20.0 Å². The monoisotopic (exact) mass is 83.1 g/mol. The summed E-state index contributed by atoms with van der Waals surface area (Å²) in [5, 5.41) is 0. The Morgan fingerprint density at radius 3 is 1.00 bits per heavy atom. The fraction of sp³-hybridized carbons (Fsp3) is 1.00. The summed E-state index contributed by atoms with van der Waals surface area (Å²) < 4.78 is 0. The minimum absolute atomic E-state index is 0. The Hall–Kier alpha value is 1.03. The van der Waals surface area contributed by atoms with E-state index in [9.17, 15) is 0 Å². The maximum atomic E-state index is 2.23. The molecule has 0 N–H and O–H groups in total. The van der Waals surface area contributed by atoms with Crippen LogP contribution in [-0.4, -0.2) is 38.9 Å². The molecule has 27 valence electrons. The van der Waals surface area contributed by atoms with Crippen molar-refractivity contribution in [3.63, 3.8) is 0 Å². The third kappa shape index (κ3) is 43.7. The number of hydrogen-bond acceptors (Lipinski definition) is 0. The average Bonchev–Trinajstić information content (AvgIpc) is 0.811. The number of rotatable bonds is 0. The fourth-order valence-electron chi connectivity index (χ4n) is 0. The van der Waals surface area contributed by atoms with Gasteiger partial charge in [-0.05, 0) is 20.0 Å². The molecule has 2 heteroatoms. The maximum Gasteiger partial charge on any atom is 0 e. The van der Waals surface area contributed by atoms with Crippen LogP contribution in [0.4, 0.5) is 0 Å². The largest absolute Gasteiger partial charge is 0.116 e. The fourth-order valence-corrected chi connectivity index (χ4v) is 0. The van der Waals surface area contributed by atoms with Gasteiger partial charge in [-0.15, -0.1) is 7.92 Å². The molecule has 0 rings (SSSR count). The average molecular weight is 83.0 g/mol. The van der Waals surface area contributed by atoms with Gasteiger partial charge in [-0.2, -0.15) is 0 Å². The molecule has 0 aromatic carbocycles. The Morgan fingerprint density at radius 1 is 1.00 bits per heavy atom. The zero-order valence-electron chi connectivity index (χ0n) is 4.45. The smallest absolute Gasteiger partial charge is 0 e. The summed E-state index contributed by atoms with van der Waals surface area (Å²) in [6.07, 6.45) is 0. The molecule has 0 aromatic rings. The van der Waals surface area contributed by atoms with Crippen LogP contribution in [0.5, 0.6) is 0 Å². The van der Waals surface area contributed by atoms with Gasteiger partial charge in [0.25, 0.3) is 0 Å². The second kappa shape index (κ2) is 5.03. The van der Waals surface area contributed by atoms with Crippen LogP contribution < -0.4 is 0 Å². The zero-order chi connectivity index (χ0) is 3.58. The summed E-state index contributed by atoms with van der Waals surface area (Å²) in [4.78, 5) is 0. The van der Waals surface area contributed by atoms with Crippen LogP contribution in [-0.2, 0) is 0 Å². The van der Waals surface area contributed by atoms with Crippen molar-refractivity contribution >= 4 is 26.8 Å². The van der Waals surface area contributed by atoms with Crippen molar-refractivity contribution < 1.29 is 0 Å². The summed E-state index contributed by atoms with van der Waals surface area (Å²) in [5.41, 5.74) is 0. The van der Waals surface area contributed by atoms with Crippen molar-refractivity contribution in [2.45, 2.75) is 0 Å². The topological polar surface area (TPSA) is 0 Å². The van der Waals surface area contributed by atoms with Gasteiger partial charge in [0.1, 0.15) is 0 Å². The summed E-state index contributed by atoms with van der Waals surface area (Å²) in [5.74, 6) is 0. The molecule has 5 heavy (non-hydrogen) atoms. The molecular formula is C3H9LiP. The Morgan fingerprint density at radius 2 is 1.00 bits per heavy atom. The Balaban J connectivity index is 0. The van der Waals surface area contributed by atoms with Crippen LogP contribution >= 0.6 is 7.92 Å². The van der Waals surface area contributed by atoms with E-state index in [0.29, 0.717) is 7.92 Å². The molecule has 0 aliphatic heterocycles. The molecule has 0 spiro atoms. The molecule has 1 radical (unpaired) electrons. The molecule has 0 fully saturated rings. The second-order valence-electron chi connectivity index (χ2n) is 1.34. The van der Waals surface area contributed by atoms with E-state index in [1.165, 1.54) is 0 Å². The minimum atomic E-state index is 0. The Bertz CT molecular complexity index is 11.6. The predicted molar refractivity (Wildman–Crippen MR) is 30.4 cm³/mol. The van der Waals surface area contributed by atoms with Gasteiger partial charge in [0.2, 0.25) is 0 Å². The van der Waals surface area contributed by atoms with Crippen molar-refractivity contribution in [3.8, 4) is 0 Å². The van der Waals surface area contributed by atoms with Crippen LogP contribution in [0.15, 0.2) is 0 Å². The van der Waals surface area contributed by atoms with E-state index in [-0.39, 0.29) is 18.9 Å². The third-order valence-electron chi connectivity index (χ3n) is 0. The molecule has 0 unspecified atom stereocenters. The van der Waals surface area contributed by atoms with E-state index >= 15 is 0 Å². The Kier molecular flexibility index (Phi) is 9.44.